The normalized spacial score (nSPS) is 9.30. The van der Waals surface area contributed by atoms with E-state index in [9.17, 15) is 4.79 Å². The zero-order chi connectivity index (χ0) is 7.56. The van der Waals surface area contributed by atoms with E-state index >= 15 is 0 Å². The minimum Gasteiger partial charge on any atom is -0.780 e. The van der Waals surface area contributed by atoms with Crippen LogP contribution in [-0.2, 0) is 12.6 Å². The summed E-state index contributed by atoms with van der Waals surface area (Å²) in [4.78, 5) is 11.5. The van der Waals surface area contributed by atoms with Crippen LogP contribution in [0.15, 0.2) is 29.2 Å². The van der Waals surface area contributed by atoms with Crippen molar-refractivity contribution in [3.05, 3.63) is 29.8 Å². The fourth-order valence-corrected chi connectivity index (χ4v) is 0.826. The monoisotopic (exact) mass is 151 g/mol. The number of rotatable bonds is 1. The predicted octanol–water partition coefficient (Wildman–Crippen LogP) is 1.80. The maximum atomic E-state index is 10.7. The molecule has 0 aromatic heterocycles. The van der Waals surface area contributed by atoms with Gasteiger partial charge in [-0.2, -0.15) is 4.90 Å². The van der Waals surface area contributed by atoms with Crippen molar-refractivity contribution in [1.29, 1.82) is 0 Å². The molecule has 0 amide bonds. The highest BCUT2D eigenvalue weighted by molar-refractivity contribution is 7.58. The van der Waals surface area contributed by atoms with E-state index in [1.54, 1.807) is 31.2 Å². The van der Waals surface area contributed by atoms with E-state index in [1.807, 2.05) is 0 Å². The van der Waals surface area contributed by atoms with Crippen molar-refractivity contribution in [2.45, 2.75) is 11.8 Å². The van der Waals surface area contributed by atoms with Crippen LogP contribution in [0.25, 0.3) is 0 Å². The summed E-state index contributed by atoms with van der Waals surface area (Å²) >= 11 is 4.85. The fraction of sp³-hybridized carbons (Fsp3) is 0.125. The van der Waals surface area contributed by atoms with Gasteiger partial charge in [0.25, 0.3) is 0 Å². The minimum atomic E-state index is 0.0787. The molecule has 0 fully saturated rings. The zero-order valence-electron chi connectivity index (χ0n) is 5.63. The van der Waals surface area contributed by atoms with Crippen LogP contribution >= 0.6 is 0 Å². The number of Topliss-reactive ketones (excluding diaryl/α,β-unsaturated/α-hetero) is 1. The van der Waals surface area contributed by atoms with E-state index in [0.717, 1.165) is 4.90 Å². The van der Waals surface area contributed by atoms with E-state index < -0.39 is 0 Å². The molecule has 0 aliphatic carbocycles. The molecule has 52 valence electrons. The third-order valence-corrected chi connectivity index (χ3v) is 1.53. The van der Waals surface area contributed by atoms with Gasteiger partial charge in [0, 0.05) is 5.56 Å². The molecule has 2 heteroatoms. The molecule has 10 heavy (non-hydrogen) atoms. The van der Waals surface area contributed by atoms with Crippen molar-refractivity contribution in [3.63, 3.8) is 0 Å². The molecular formula is C8H7OS-. The van der Waals surface area contributed by atoms with Crippen molar-refractivity contribution in [2.24, 2.45) is 0 Å². The zero-order valence-corrected chi connectivity index (χ0v) is 6.44. The van der Waals surface area contributed by atoms with Gasteiger partial charge in [0.1, 0.15) is 0 Å². The first kappa shape index (κ1) is 7.22. The largest absolute Gasteiger partial charge is 0.780 e. The molecule has 1 rings (SSSR count). The van der Waals surface area contributed by atoms with Crippen LogP contribution < -0.4 is 0 Å². The third-order valence-electron chi connectivity index (χ3n) is 1.26. The molecule has 0 radical (unpaired) electrons. The third kappa shape index (κ3) is 1.54. The molecule has 0 heterocycles. The van der Waals surface area contributed by atoms with Crippen LogP contribution in [0, 0.1) is 0 Å². The minimum absolute atomic E-state index is 0.0787. The van der Waals surface area contributed by atoms with Crippen LogP contribution in [0.4, 0.5) is 0 Å². The molecule has 0 saturated carbocycles. The van der Waals surface area contributed by atoms with Crippen LogP contribution in [0.2, 0.25) is 0 Å². The highest BCUT2D eigenvalue weighted by Gasteiger charge is 1.93. The molecule has 0 unspecified atom stereocenters. The molecule has 1 aromatic rings. The average molecular weight is 151 g/mol. The Bertz CT molecular complexity index is 238. The van der Waals surface area contributed by atoms with Gasteiger partial charge in [0.15, 0.2) is 5.78 Å². The lowest BCUT2D eigenvalue weighted by Gasteiger charge is -2.03. The molecule has 1 aromatic carbocycles. The van der Waals surface area contributed by atoms with Gasteiger partial charge in [-0.15, -0.1) is 0 Å². The molecule has 0 saturated heterocycles. The highest BCUT2D eigenvalue weighted by atomic mass is 32.1. The van der Waals surface area contributed by atoms with Crippen LogP contribution in [0.1, 0.15) is 17.3 Å². The predicted molar refractivity (Wildman–Crippen MR) is 42.1 cm³/mol. The Balaban J connectivity index is 3.00. The van der Waals surface area contributed by atoms with Crippen LogP contribution in [-0.4, -0.2) is 5.78 Å². The highest BCUT2D eigenvalue weighted by Crippen LogP contribution is 2.03. The summed E-state index contributed by atoms with van der Waals surface area (Å²) in [5.41, 5.74) is 0.716. The lowest BCUT2D eigenvalue weighted by molar-refractivity contribution is 0.101. The number of carbonyl (C=O) groups is 1. The smallest absolute Gasteiger partial charge is 0.159 e. The van der Waals surface area contributed by atoms with Gasteiger partial charge < -0.3 is 12.6 Å². The standard InChI is InChI=1S/C8H8OS/c1-6(9)7-2-4-8(10)5-3-7/h2-5,10H,1H3/p-1. The lowest BCUT2D eigenvalue weighted by Crippen LogP contribution is -1.89. The van der Waals surface area contributed by atoms with Gasteiger partial charge in [0.05, 0.1) is 0 Å². The van der Waals surface area contributed by atoms with Gasteiger partial charge in [-0.25, -0.2) is 0 Å². The Morgan fingerprint density at radius 3 is 2.20 bits per heavy atom. The van der Waals surface area contributed by atoms with Crippen molar-refractivity contribution in [2.75, 3.05) is 0 Å². The second-order valence-corrected chi connectivity index (χ2v) is 2.55. The van der Waals surface area contributed by atoms with E-state index in [4.69, 9.17) is 12.6 Å². The van der Waals surface area contributed by atoms with E-state index in [0.29, 0.717) is 5.56 Å². The second-order valence-electron chi connectivity index (χ2n) is 2.08. The van der Waals surface area contributed by atoms with E-state index in [1.165, 1.54) is 0 Å². The first-order valence-electron chi connectivity index (χ1n) is 2.98. The molecule has 1 nitrogen and oxygen atoms in total. The summed E-state index contributed by atoms with van der Waals surface area (Å²) in [6, 6.07) is 6.99. The first-order valence-corrected chi connectivity index (χ1v) is 3.39. The molecule has 0 bridgehead atoms. The molecule has 0 aliphatic heterocycles. The maximum Gasteiger partial charge on any atom is 0.159 e. The molecule has 0 spiro atoms. The number of benzene rings is 1. The molecule has 0 aliphatic rings. The summed E-state index contributed by atoms with van der Waals surface area (Å²) in [5, 5.41) is 0. The topological polar surface area (TPSA) is 17.1 Å². The van der Waals surface area contributed by atoms with Crippen molar-refractivity contribution in [3.8, 4) is 0 Å². The van der Waals surface area contributed by atoms with Crippen LogP contribution in [0.5, 0.6) is 0 Å². The molecule has 0 N–H and O–H groups in total. The second kappa shape index (κ2) is 2.80. The number of carbonyl (C=O) groups excluding carboxylic acids is 1. The molecule has 0 atom stereocenters. The molecular weight excluding hydrogens is 144 g/mol. The Labute approximate surface area is 65.5 Å². The fourth-order valence-electron chi connectivity index (χ4n) is 0.690. The summed E-state index contributed by atoms with van der Waals surface area (Å²) in [5.74, 6) is 0.0787. The van der Waals surface area contributed by atoms with Gasteiger partial charge in [-0.1, -0.05) is 24.3 Å². The van der Waals surface area contributed by atoms with Gasteiger partial charge in [-0.3, -0.25) is 4.79 Å². The summed E-state index contributed by atoms with van der Waals surface area (Å²) < 4.78 is 0. The maximum absolute atomic E-state index is 10.7. The van der Waals surface area contributed by atoms with E-state index in [-0.39, 0.29) is 5.78 Å². The Kier molecular flexibility index (Phi) is 2.02. The number of hydrogen-bond acceptors (Lipinski definition) is 2. The van der Waals surface area contributed by atoms with Crippen molar-refractivity contribution in [1.82, 2.24) is 0 Å². The van der Waals surface area contributed by atoms with E-state index in [2.05, 4.69) is 0 Å². The Morgan fingerprint density at radius 1 is 1.30 bits per heavy atom. The number of ketones is 1. The summed E-state index contributed by atoms with van der Waals surface area (Å²) in [6.45, 7) is 1.54. The Hall–Kier alpha value is -0.890. The summed E-state index contributed by atoms with van der Waals surface area (Å²) in [6.07, 6.45) is 0. The van der Waals surface area contributed by atoms with Gasteiger partial charge in [0.2, 0.25) is 0 Å². The van der Waals surface area contributed by atoms with Crippen LogP contribution in [0.3, 0.4) is 0 Å². The average Bonchev–Trinajstić information content (AvgIpc) is 1.88. The quantitative estimate of drug-likeness (QED) is 0.449. The SMILES string of the molecule is CC(=O)c1ccc([S-])cc1. The lowest BCUT2D eigenvalue weighted by atomic mass is 10.2. The van der Waals surface area contributed by atoms with Crippen molar-refractivity contribution >= 4 is 18.4 Å². The first-order chi connectivity index (χ1) is 4.70. The Morgan fingerprint density at radius 2 is 1.80 bits per heavy atom. The van der Waals surface area contributed by atoms with Gasteiger partial charge >= 0.3 is 0 Å². The van der Waals surface area contributed by atoms with Crippen molar-refractivity contribution < 1.29 is 4.79 Å². The number of hydrogen-bond donors (Lipinski definition) is 0. The summed E-state index contributed by atoms with van der Waals surface area (Å²) in [7, 11) is 0. The van der Waals surface area contributed by atoms with Gasteiger partial charge in [-0.05, 0) is 6.92 Å².